The van der Waals surface area contributed by atoms with Gasteiger partial charge in [-0.1, -0.05) is 18.2 Å². The number of primary amides is 1. The van der Waals surface area contributed by atoms with E-state index in [9.17, 15) is 34.5 Å². The first kappa shape index (κ1) is 28.7. The maximum Gasteiger partial charge on any atom is 0.230 e. The van der Waals surface area contributed by atoms with Crippen LogP contribution in [0.25, 0.3) is 0 Å². The zero-order valence-electron chi connectivity index (χ0n) is 23.5. The summed E-state index contributed by atoms with van der Waals surface area (Å²) >= 11 is 0. The number of phenolic OH excluding ortho intramolecular Hbond substituents is 1. The van der Waals surface area contributed by atoms with E-state index in [2.05, 4.69) is 5.32 Å². The van der Waals surface area contributed by atoms with E-state index in [-0.39, 0.29) is 30.7 Å². The number of hydrogen-bond donors (Lipinski definition) is 5. The number of benzene rings is 2. The predicted octanol–water partition coefficient (Wildman–Crippen LogP) is 0.337. The number of anilines is 2. The van der Waals surface area contributed by atoms with Crippen LogP contribution in [-0.4, -0.2) is 89.4 Å². The van der Waals surface area contributed by atoms with Gasteiger partial charge in [0.05, 0.1) is 17.6 Å². The first-order valence-corrected chi connectivity index (χ1v) is 13.6. The number of carbonyl (C=O) groups is 4. The number of hydrogen-bond acceptors (Lipinski definition) is 10. The third-order valence-electron chi connectivity index (χ3n) is 9.08. The Hall–Kier alpha value is -3.80. The van der Waals surface area contributed by atoms with Gasteiger partial charge in [0, 0.05) is 49.5 Å². The molecular formula is C30H36N4O7. The molecule has 1 amide bonds. The number of para-hydroxylation sites is 1. The predicted molar refractivity (Wildman–Crippen MR) is 150 cm³/mol. The van der Waals surface area contributed by atoms with Crippen molar-refractivity contribution in [1.29, 1.82) is 0 Å². The van der Waals surface area contributed by atoms with Crippen molar-refractivity contribution in [3.05, 3.63) is 53.1 Å². The molecule has 0 aliphatic heterocycles. The van der Waals surface area contributed by atoms with Gasteiger partial charge in [-0.3, -0.25) is 19.2 Å². The van der Waals surface area contributed by atoms with E-state index >= 15 is 0 Å². The molecule has 3 unspecified atom stereocenters. The van der Waals surface area contributed by atoms with E-state index < -0.39 is 64.7 Å². The number of aliphatic hydroxyl groups is 2. The number of nitrogens with one attached hydrogen (secondary N) is 1. The molecule has 0 heterocycles. The molecule has 0 bridgehead atoms. The third kappa shape index (κ3) is 4.30. The Morgan fingerprint density at radius 2 is 1.76 bits per heavy atom. The van der Waals surface area contributed by atoms with Crippen LogP contribution in [-0.2, 0) is 27.3 Å². The summed E-state index contributed by atoms with van der Waals surface area (Å²) in [5, 5.41) is 37.4. The average molecular weight is 565 g/mol. The minimum atomic E-state index is -2.69. The number of fused-ring (bicyclic) bond motifs is 3. The number of amides is 1. The molecule has 2 aromatic rings. The van der Waals surface area contributed by atoms with Gasteiger partial charge in [-0.25, -0.2) is 0 Å². The Balaban J connectivity index is 1.60. The van der Waals surface area contributed by atoms with Crippen LogP contribution < -0.4 is 16.0 Å². The highest BCUT2D eigenvalue weighted by atomic mass is 16.3. The second-order valence-corrected chi connectivity index (χ2v) is 11.8. The van der Waals surface area contributed by atoms with Gasteiger partial charge in [0.25, 0.3) is 0 Å². The van der Waals surface area contributed by atoms with Gasteiger partial charge < -0.3 is 36.2 Å². The lowest BCUT2D eigenvalue weighted by molar-refractivity contribution is -0.190. The Labute approximate surface area is 237 Å². The van der Waals surface area contributed by atoms with Gasteiger partial charge >= 0.3 is 0 Å². The molecule has 5 rings (SSSR count). The van der Waals surface area contributed by atoms with Gasteiger partial charge in [0.1, 0.15) is 11.7 Å². The highest BCUT2D eigenvalue weighted by Crippen LogP contribution is 2.52. The fraction of sp³-hybridized carbons (Fsp3) is 0.467. The second kappa shape index (κ2) is 10.2. The standard InChI is InChI=1S/C30H36N4O7/c1-33(2)19-12-15(13-32-16-8-6-5-7-9-16)24(35)21-17(19)10-14-11-18-23(34(3)4)26(37)22(29(31)40)28(39)30(18,41)27(38)20(14)25(21)36/h5-9,12,14,18,20,22-23,26,32,35,37,41H,10-11,13H2,1-4H3,(H2,31,40)/t14-,18-,20?,22?,23-,26?,30-/m1/s1. The molecule has 0 saturated heterocycles. The lowest BCUT2D eigenvalue weighted by atomic mass is 9.52. The lowest BCUT2D eigenvalue weighted by Crippen LogP contribution is -2.75. The number of nitrogens with zero attached hydrogens (tertiary/aromatic N) is 2. The summed E-state index contributed by atoms with van der Waals surface area (Å²) in [7, 11) is 6.88. The maximum atomic E-state index is 14.1. The van der Waals surface area contributed by atoms with Crippen molar-refractivity contribution in [2.75, 3.05) is 38.4 Å². The molecule has 2 aromatic carbocycles. The molecule has 6 N–H and O–H groups in total. The first-order chi connectivity index (χ1) is 19.3. The smallest absolute Gasteiger partial charge is 0.230 e. The minimum Gasteiger partial charge on any atom is -0.507 e. The lowest BCUT2D eigenvalue weighted by Gasteiger charge is -2.55. The van der Waals surface area contributed by atoms with Crippen molar-refractivity contribution in [3.8, 4) is 5.75 Å². The van der Waals surface area contributed by atoms with Crippen LogP contribution in [0.15, 0.2) is 36.4 Å². The molecular weight excluding hydrogens is 528 g/mol. The molecule has 3 aliphatic carbocycles. The molecule has 11 heteroatoms. The molecule has 218 valence electrons. The van der Waals surface area contributed by atoms with Crippen LogP contribution in [0.1, 0.15) is 27.9 Å². The molecule has 41 heavy (non-hydrogen) atoms. The molecule has 3 aliphatic rings. The number of carbonyl (C=O) groups excluding carboxylic acids is 4. The van der Waals surface area contributed by atoms with Gasteiger partial charge in [-0.2, -0.15) is 0 Å². The molecule has 0 aromatic heterocycles. The van der Waals surface area contributed by atoms with E-state index in [4.69, 9.17) is 5.73 Å². The van der Waals surface area contributed by atoms with Gasteiger partial charge in [-0.15, -0.1) is 0 Å². The highest BCUT2D eigenvalue weighted by molar-refractivity contribution is 6.25. The third-order valence-corrected chi connectivity index (χ3v) is 9.08. The molecule has 0 radical (unpaired) electrons. The summed E-state index contributed by atoms with van der Waals surface area (Å²) in [6.07, 6.45) is -1.22. The van der Waals surface area contributed by atoms with Gasteiger partial charge in [-0.05, 0) is 56.6 Å². The van der Waals surface area contributed by atoms with Gasteiger partial charge in [0.15, 0.2) is 23.0 Å². The fourth-order valence-corrected chi connectivity index (χ4v) is 7.21. The second-order valence-electron chi connectivity index (χ2n) is 11.8. The Kier molecular flexibility index (Phi) is 7.17. The SMILES string of the molecule is CN(C)c1cc(CNc2ccccc2)c(O)c2c1C[C@@H]1C[C@@H]3[C@@H](N(C)C)C(O)C(C(N)=O)C(=O)[C@]3(O)C(=O)C1C2=O. The normalized spacial score (nSPS) is 30.9. The zero-order valence-corrected chi connectivity index (χ0v) is 23.5. The monoisotopic (exact) mass is 564 g/mol. The minimum absolute atomic E-state index is 0.00313. The van der Waals surface area contributed by atoms with Crippen LogP contribution in [0, 0.1) is 23.7 Å². The quantitative estimate of drug-likeness (QED) is 0.308. The summed E-state index contributed by atoms with van der Waals surface area (Å²) in [6, 6.07) is 10.2. The molecule has 2 fully saturated rings. The number of aromatic hydroxyl groups is 1. The summed E-state index contributed by atoms with van der Waals surface area (Å²) in [5.41, 5.74) is 5.30. The maximum absolute atomic E-state index is 14.1. The fourth-order valence-electron chi connectivity index (χ4n) is 7.21. The Morgan fingerprint density at radius 3 is 2.34 bits per heavy atom. The number of Topliss-reactive ketones (excluding diaryl/α,β-unsaturated/α-hetero) is 3. The van der Waals surface area contributed by atoms with Crippen molar-refractivity contribution < 1.29 is 34.5 Å². The Bertz CT molecular complexity index is 1430. The number of likely N-dealkylation sites (N-methyl/N-ethyl adjacent to an activating group) is 1. The molecule has 2 saturated carbocycles. The van der Waals surface area contributed by atoms with Crippen LogP contribution in [0.5, 0.6) is 5.75 Å². The van der Waals surface area contributed by atoms with Crippen molar-refractivity contribution >= 4 is 34.6 Å². The van der Waals surface area contributed by atoms with E-state index in [1.807, 2.05) is 55.4 Å². The number of phenols is 1. The van der Waals surface area contributed by atoms with E-state index in [1.165, 1.54) is 0 Å². The zero-order chi connectivity index (χ0) is 30.0. The summed E-state index contributed by atoms with van der Waals surface area (Å²) in [5.74, 6) is -9.14. The summed E-state index contributed by atoms with van der Waals surface area (Å²) in [4.78, 5) is 57.3. The van der Waals surface area contributed by atoms with E-state index in [0.29, 0.717) is 16.8 Å². The molecule has 11 nitrogen and oxygen atoms in total. The largest absolute Gasteiger partial charge is 0.507 e. The average Bonchev–Trinajstić information content (AvgIpc) is 2.90. The van der Waals surface area contributed by atoms with Crippen molar-refractivity contribution in [1.82, 2.24) is 4.90 Å². The molecule has 7 atom stereocenters. The first-order valence-electron chi connectivity index (χ1n) is 13.6. The number of ketones is 3. The van der Waals surface area contributed by atoms with E-state index in [1.54, 1.807) is 19.0 Å². The van der Waals surface area contributed by atoms with Crippen LogP contribution >= 0.6 is 0 Å². The number of aliphatic hydroxyl groups excluding tert-OH is 1. The number of nitrogens with two attached hydrogens (primary N) is 1. The van der Waals surface area contributed by atoms with Crippen molar-refractivity contribution in [3.63, 3.8) is 0 Å². The van der Waals surface area contributed by atoms with Crippen molar-refractivity contribution in [2.24, 2.45) is 29.4 Å². The molecule has 0 spiro atoms. The highest BCUT2D eigenvalue weighted by Gasteiger charge is 2.69. The van der Waals surface area contributed by atoms with Crippen LogP contribution in [0.4, 0.5) is 11.4 Å². The van der Waals surface area contributed by atoms with Crippen molar-refractivity contribution in [2.45, 2.75) is 37.1 Å². The van der Waals surface area contributed by atoms with Crippen LogP contribution in [0.2, 0.25) is 0 Å². The Morgan fingerprint density at radius 1 is 1.10 bits per heavy atom. The van der Waals surface area contributed by atoms with E-state index in [0.717, 1.165) is 5.69 Å². The summed E-state index contributed by atoms with van der Waals surface area (Å²) < 4.78 is 0. The van der Waals surface area contributed by atoms with Gasteiger partial charge in [0.2, 0.25) is 5.91 Å². The number of rotatable bonds is 6. The van der Waals surface area contributed by atoms with Crippen LogP contribution in [0.3, 0.4) is 0 Å². The topological polar surface area (TPSA) is 173 Å². The summed E-state index contributed by atoms with van der Waals surface area (Å²) in [6.45, 7) is 0.201.